The molecule has 1 amide bonds. The van der Waals surface area contributed by atoms with Crippen molar-refractivity contribution in [2.24, 2.45) is 0 Å². The minimum Gasteiger partial charge on any atom is -0.378 e. The van der Waals surface area contributed by atoms with E-state index in [0.717, 1.165) is 74.4 Å². The summed E-state index contributed by atoms with van der Waals surface area (Å²) in [5.74, 6) is -0.0222. The molecule has 0 spiro atoms. The van der Waals surface area contributed by atoms with Gasteiger partial charge in [-0.05, 0) is 57.0 Å². The molecule has 39 heavy (non-hydrogen) atoms. The number of carbonyl (C=O) groups excluding carboxylic acids is 1. The van der Waals surface area contributed by atoms with Gasteiger partial charge in [0.15, 0.2) is 0 Å². The summed E-state index contributed by atoms with van der Waals surface area (Å²) in [5, 5.41) is 12.0. The summed E-state index contributed by atoms with van der Waals surface area (Å²) in [6, 6.07) is 14.4. The molecule has 3 fully saturated rings. The van der Waals surface area contributed by atoms with Crippen LogP contribution in [0.15, 0.2) is 42.5 Å². The molecular weight excluding hydrogens is 490 g/mol. The van der Waals surface area contributed by atoms with Crippen molar-refractivity contribution in [2.75, 3.05) is 50.8 Å². The maximum atomic E-state index is 13.5. The first kappa shape index (κ1) is 26.3. The predicted molar refractivity (Wildman–Crippen MR) is 154 cm³/mol. The summed E-state index contributed by atoms with van der Waals surface area (Å²) in [6.45, 7) is 10.2. The first-order valence-electron chi connectivity index (χ1n) is 14.6. The highest BCUT2D eigenvalue weighted by molar-refractivity contribution is 6.01. The van der Waals surface area contributed by atoms with Crippen molar-refractivity contribution in [1.82, 2.24) is 20.4 Å². The molecule has 2 saturated heterocycles. The van der Waals surface area contributed by atoms with E-state index in [1.165, 1.54) is 24.9 Å². The second kappa shape index (κ2) is 11.3. The number of ether oxygens (including phenoxy) is 2. The Morgan fingerprint density at radius 3 is 2.46 bits per heavy atom. The standard InChI is InChI=1S/C31H41N5O3/c1-22-19-36(20-23(2)39-22)31(12-4-3-5-13-31)21-32-30(37)25-8-11-28-27(18-25)29(34-33-28)24-6-9-26(10-7-24)35-14-16-38-17-15-35/h6-11,18,22-23H,3-5,12-17,19-21H2,1-2H3,(H,32,37)(H,33,34)/t22-,23+. The number of carbonyl (C=O) groups is 1. The Morgan fingerprint density at radius 1 is 1.03 bits per heavy atom. The molecule has 6 rings (SSSR count). The zero-order chi connectivity index (χ0) is 26.8. The summed E-state index contributed by atoms with van der Waals surface area (Å²) < 4.78 is 11.5. The zero-order valence-electron chi connectivity index (χ0n) is 23.2. The topological polar surface area (TPSA) is 82.7 Å². The van der Waals surface area contributed by atoms with Crippen LogP contribution in [-0.2, 0) is 9.47 Å². The molecule has 2 atom stereocenters. The average Bonchev–Trinajstić information content (AvgIpc) is 3.40. The molecule has 1 aromatic heterocycles. The van der Waals surface area contributed by atoms with Gasteiger partial charge in [0.2, 0.25) is 0 Å². The maximum absolute atomic E-state index is 13.5. The Labute approximate surface area is 231 Å². The van der Waals surface area contributed by atoms with E-state index in [-0.39, 0.29) is 23.7 Å². The lowest BCUT2D eigenvalue weighted by Gasteiger charge is -2.50. The Kier molecular flexibility index (Phi) is 7.60. The number of benzene rings is 2. The Balaban J connectivity index is 1.19. The molecule has 0 radical (unpaired) electrons. The number of morpholine rings is 2. The lowest BCUT2D eigenvalue weighted by atomic mass is 9.79. The lowest BCUT2D eigenvalue weighted by Crippen LogP contribution is -2.62. The third-order valence-corrected chi connectivity index (χ3v) is 8.79. The summed E-state index contributed by atoms with van der Waals surface area (Å²) in [4.78, 5) is 18.4. The molecule has 2 N–H and O–H groups in total. The number of hydrogen-bond donors (Lipinski definition) is 2. The van der Waals surface area contributed by atoms with Gasteiger partial charge in [0.05, 0.1) is 36.6 Å². The predicted octanol–water partition coefficient (Wildman–Crippen LogP) is 4.61. The second-order valence-corrected chi connectivity index (χ2v) is 11.6. The van der Waals surface area contributed by atoms with Crippen LogP contribution < -0.4 is 10.2 Å². The molecule has 0 bridgehead atoms. The van der Waals surface area contributed by atoms with Gasteiger partial charge in [-0.25, -0.2) is 0 Å². The Morgan fingerprint density at radius 2 is 1.74 bits per heavy atom. The lowest BCUT2D eigenvalue weighted by molar-refractivity contribution is -0.109. The number of anilines is 1. The largest absolute Gasteiger partial charge is 0.378 e. The molecule has 8 heteroatoms. The Hall–Kier alpha value is -2.94. The van der Waals surface area contributed by atoms with Gasteiger partial charge in [-0.2, -0.15) is 5.10 Å². The van der Waals surface area contributed by atoms with Gasteiger partial charge in [-0.15, -0.1) is 0 Å². The van der Waals surface area contributed by atoms with Gasteiger partial charge < -0.3 is 19.7 Å². The molecule has 8 nitrogen and oxygen atoms in total. The van der Waals surface area contributed by atoms with Crippen LogP contribution in [0.5, 0.6) is 0 Å². The smallest absolute Gasteiger partial charge is 0.251 e. The van der Waals surface area contributed by atoms with Gasteiger partial charge in [0.25, 0.3) is 5.91 Å². The third-order valence-electron chi connectivity index (χ3n) is 8.79. The van der Waals surface area contributed by atoms with Gasteiger partial charge in [0, 0.05) is 60.5 Å². The maximum Gasteiger partial charge on any atom is 0.251 e. The number of fused-ring (bicyclic) bond motifs is 1. The highest BCUT2D eigenvalue weighted by atomic mass is 16.5. The number of aromatic nitrogens is 2. The van der Waals surface area contributed by atoms with Crippen LogP contribution in [0, 0.1) is 0 Å². The average molecular weight is 532 g/mol. The van der Waals surface area contributed by atoms with Crippen molar-refractivity contribution in [1.29, 1.82) is 0 Å². The fourth-order valence-corrected chi connectivity index (χ4v) is 6.75. The quantitative estimate of drug-likeness (QED) is 0.484. The number of H-pyrrole nitrogens is 1. The second-order valence-electron chi connectivity index (χ2n) is 11.6. The highest BCUT2D eigenvalue weighted by Gasteiger charge is 2.41. The van der Waals surface area contributed by atoms with E-state index < -0.39 is 0 Å². The van der Waals surface area contributed by atoms with Crippen molar-refractivity contribution in [2.45, 2.75) is 63.7 Å². The normalized spacial score (nSPS) is 24.1. The monoisotopic (exact) mass is 531 g/mol. The van der Waals surface area contributed by atoms with Gasteiger partial charge in [0.1, 0.15) is 0 Å². The van der Waals surface area contributed by atoms with E-state index in [2.05, 4.69) is 63.4 Å². The summed E-state index contributed by atoms with van der Waals surface area (Å²) in [7, 11) is 0. The van der Waals surface area contributed by atoms with E-state index in [1.807, 2.05) is 18.2 Å². The summed E-state index contributed by atoms with van der Waals surface area (Å²) in [5.41, 5.74) is 4.71. The number of rotatable bonds is 6. The highest BCUT2D eigenvalue weighted by Crippen LogP contribution is 2.35. The van der Waals surface area contributed by atoms with E-state index in [0.29, 0.717) is 12.1 Å². The van der Waals surface area contributed by atoms with E-state index in [9.17, 15) is 4.79 Å². The number of aromatic amines is 1. The van der Waals surface area contributed by atoms with Crippen LogP contribution in [-0.4, -0.2) is 84.7 Å². The molecule has 3 aromatic rings. The van der Waals surface area contributed by atoms with E-state index >= 15 is 0 Å². The van der Waals surface area contributed by atoms with Crippen LogP contribution in [0.25, 0.3) is 22.2 Å². The molecule has 2 aromatic carbocycles. The summed E-state index contributed by atoms with van der Waals surface area (Å²) >= 11 is 0. The zero-order valence-corrected chi connectivity index (χ0v) is 23.2. The number of amides is 1. The van der Waals surface area contributed by atoms with Gasteiger partial charge in [-0.3, -0.25) is 14.8 Å². The van der Waals surface area contributed by atoms with Crippen LogP contribution in [0.2, 0.25) is 0 Å². The molecule has 0 unspecified atom stereocenters. The van der Waals surface area contributed by atoms with Crippen molar-refractivity contribution in [3.05, 3.63) is 48.0 Å². The number of nitrogens with zero attached hydrogens (tertiary/aromatic N) is 3. The van der Waals surface area contributed by atoms with Crippen molar-refractivity contribution < 1.29 is 14.3 Å². The van der Waals surface area contributed by atoms with Crippen LogP contribution >= 0.6 is 0 Å². The minimum atomic E-state index is -0.0222. The van der Waals surface area contributed by atoms with Crippen LogP contribution in [0.1, 0.15) is 56.3 Å². The SMILES string of the molecule is C[C@@H]1CN(C2(CNC(=O)c3ccc4[nH]nc(-c5ccc(N6CCOCC6)cc5)c4c3)CCCCC2)C[C@H](C)O1. The molecular formula is C31H41N5O3. The molecule has 2 aliphatic heterocycles. The number of nitrogens with one attached hydrogen (secondary N) is 2. The minimum absolute atomic E-state index is 0.00728. The third kappa shape index (κ3) is 5.55. The fourth-order valence-electron chi connectivity index (χ4n) is 6.75. The van der Waals surface area contributed by atoms with Gasteiger partial charge >= 0.3 is 0 Å². The summed E-state index contributed by atoms with van der Waals surface area (Å²) in [6.07, 6.45) is 6.38. The number of hydrogen-bond acceptors (Lipinski definition) is 6. The van der Waals surface area contributed by atoms with Crippen molar-refractivity contribution in [3.63, 3.8) is 0 Å². The molecule has 3 aliphatic rings. The van der Waals surface area contributed by atoms with E-state index in [1.54, 1.807) is 0 Å². The van der Waals surface area contributed by atoms with Gasteiger partial charge in [-0.1, -0.05) is 31.4 Å². The van der Waals surface area contributed by atoms with Crippen LogP contribution in [0.3, 0.4) is 0 Å². The molecule has 208 valence electrons. The first-order valence-corrected chi connectivity index (χ1v) is 14.6. The Bertz CT molecular complexity index is 1270. The first-order chi connectivity index (χ1) is 19.0. The van der Waals surface area contributed by atoms with E-state index in [4.69, 9.17) is 9.47 Å². The van der Waals surface area contributed by atoms with Crippen molar-refractivity contribution >= 4 is 22.5 Å². The van der Waals surface area contributed by atoms with Crippen molar-refractivity contribution in [3.8, 4) is 11.3 Å². The molecule has 1 aliphatic carbocycles. The molecule has 1 saturated carbocycles. The fraction of sp³-hybridized carbons (Fsp3) is 0.548. The van der Waals surface area contributed by atoms with Crippen LogP contribution in [0.4, 0.5) is 5.69 Å². The molecule has 3 heterocycles.